The molecule has 1 heterocycles. The molecule has 0 spiro atoms. The largest absolute Gasteiger partial charge is 0.393 e. The smallest absolute Gasteiger partial charge is 0.254 e. The fourth-order valence-corrected chi connectivity index (χ4v) is 3.35. The number of carbonyl (C=O) groups is 1. The molecule has 19 heavy (non-hydrogen) atoms. The lowest BCUT2D eigenvalue weighted by atomic mass is 9.97. The molecule has 0 radical (unpaired) electrons. The van der Waals surface area contributed by atoms with Crippen LogP contribution in [-0.2, 0) is 0 Å². The van der Waals surface area contributed by atoms with Gasteiger partial charge in [0.15, 0.2) is 0 Å². The SMILES string of the molecule is NC(=S)C1CCCN(C(=O)c2cc(Br)ccc2I)C1. The minimum Gasteiger partial charge on any atom is -0.393 e. The monoisotopic (exact) mass is 452 g/mol. The Morgan fingerprint density at radius 2 is 2.26 bits per heavy atom. The standard InChI is InChI=1S/C13H14BrIN2OS/c14-9-3-4-11(15)10(6-9)13(18)17-5-1-2-8(7-17)12(16)19/h3-4,6,8H,1-2,5,7H2,(H2,16,19). The molecule has 1 aromatic carbocycles. The van der Waals surface area contributed by atoms with E-state index < -0.39 is 0 Å². The quantitative estimate of drug-likeness (QED) is 0.553. The average Bonchev–Trinajstić information content (AvgIpc) is 2.41. The molecule has 1 amide bonds. The molecule has 1 fully saturated rings. The van der Waals surface area contributed by atoms with Gasteiger partial charge in [0.1, 0.15) is 0 Å². The zero-order chi connectivity index (χ0) is 14.0. The first-order chi connectivity index (χ1) is 8.99. The summed E-state index contributed by atoms with van der Waals surface area (Å²) in [4.78, 5) is 14.9. The number of nitrogens with zero attached hydrogens (tertiary/aromatic N) is 1. The van der Waals surface area contributed by atoms with E-state index in [1.807, 2.05) is 23.1 Å². The molecule has 6 heteroatoms. The predicted molar refractivity (Wildman–Crippen MR) is 92.3 cm³/mol. The van der Waals surface area contributed by atoms with Crippen molar-refractivity contribution in [3.63, 3.8) is 0 Å². The van der Waals surface area contributed by atoms with Crippen LogP contribution in [0.15, 0.2) is 22.7 Å². The highest BCUT2D eigenvalue weighted by Gasteiger charge is 2.26. The van der Waals surface area contributed by atoms with Gasteiger partial charge in [-0.3, -0.25) is 4.79 Å². The number of amides is 1. The predicted octanol–water partition coefficient (Wildman–Crippen LogP) is 3.19. The molecular formula is C13H14BrIN2OS. The van der Waals surface area contributed by atoms with E-state index in [9.17, 15) is 4.79 Å². The van der Waals surface area contributed by atoms with Crippen LogP contribution in [0.4, 0.5) is 0 Å². The van der Waals surface area contributed by atoms with Crippen LogP contribution >= 0.6 is 50.7 Å². The summed E-state index contributed by atoms with van der Waals surface area (Å²) in [6, 6.07) is 5.74. The van der Waals surface area contributed by atoms with Crippen molar-refractivity contribution < 1.29 is 4.79 Å². The Kier molecular flexibility index (Phi) is 5.19. The van der Waals surface area contributed by atoms with E-state index in [1.54, 1.807) is 0 Å². The minimum absolute atomic E-state index is 0.0617. The third-order valence-electron chi connectivity index (χ3n) is 3.27. The number of nitrogens with two attached hydrogens (primary N) is 1. The molecule has 0 aliphatic carbocycles. The molecule has 2 rings (SSSR count). The number of hydrogen-bond donors (Lipinski definition) is 1. The first kappa shape index (κ1) is 15.2. The number of likely N-dealkylation sites (tertiary alicyclic amines) is 1. The van der Waals surface area contributed by atoms with Crippen molar-refractivity contribution in [2.45, 2.75) is 12.8 Å². The van der Waals surface area contributed by atoms with Crippen molar-refractivity contribution in [3.05, 3.63) is 31.8 Å². The van der Waals surface area contributed by atoms with Gasteiger partial charge in [-0.2, -0.15) is 0 Å². The number of rotatable bonds is 2. The highest BCUT2D eigenvalue weighted by Crippen LogP contribution is 2.23. The fourth-order valence-electron chi connectivity index (χ4n) is 2.23. The maximum atomic E-state index is 12.6. The Bertz CT molecular complexity index is 523. The van der Waals surface area contributed by atoms with Crippen LogP contribution < -0.4 is 5.73 Å². The normalized spacial score (nSPS) is 19.3. The van der Waals surface area contributed by atoms with E-state index in [2.05, 4.69) is 38.5 Å². The van der Waals surface area contributed by atoms with Crippen LogP contribution in [0.25, 0.3) is 0 Å². The highest BCUT2D eigenvalue weighted by atomic mass is 127. The topological polar surface area (TPSA) is 46.3 Å². The number of hydrogen-bond acceptors (Lipinski definition) is 2. The Morgan fingerprint density at radius 3 is 2.95 bits per heavy atom. The fraction of sp³-hybridized carbons (Fsp3) is 0.385. The Labute approximate surface area is 140 Å². The third kappa shape index (κ3) is 3.66. The molecule has 0 aromatic heterocycles. The molecule has 3 nitrogen and oxygen atoms in total. The summed E-state index contributed by atoms with van der Waals surface area (Å²) in [5.41, 5.74) is 6.44. The Morgan fingerprint density at radius 1 is 1.53 bits per heavy atom. The summed E-state index contributed by atoms with van der Waals surface area (Å²) in [7, 11) is 0. The van der Waals surface area contributed by atoms with E-state index in [-0.39, 0.29) is 11.8 Å². The molecule has 1 aromatic rings. The number of benzene rings is 1. The molecule has 1 atom stereocenters. The lowest BCUT2D eigenvalue weighted by Gasteiger charge is -2.32. The lowest BCUT2D eigenvalue weighted by Crippen LogP contribution is -2.43. The third-order valence-corrected chi connectivity index (χ3v) is 5.04. The van der Waals surface area contributed by atoms with E-state index in [4.69, 9.17) is 18.0 Å². The van der Waals surface area contributed by atoms with Gasteiger partial charge in [0.05, 0.1) is 10.6 Å². The first-order valence-electron chi connectivity index (χ1n) is 6.02. The van der Waals surface area contributed by atoms with E-state index in [0.29, 0.717) is 11.5 Å². The van der Waals surface area contributed by atoms with Crippen LogP contribution in [0.1, 0.15) is 23.2 Å². The second-order valence-electron chi connectivity index (χ2n) is 4.62. The van der Waals surface area contributed by atoms with Crippen molar-refractivity contribution in [1.29, 1.82) is 0 Å². The van der Waals surface area contributed by atoms with Crippen molar-refractivity contribution >= 4 is 61.6 Å². The first-order valence-corrected chi connectivity index (χ1v) is 8.30. The minimum atomic E-state index is 0.0617. The summed E-state index contributed by atoms with van der Waals surface area (Å²) in [5, 5.41) is 0. The number of piperidine rings is 1. The van der Waals surface area contributed by atoms with E-state index in [1.165, 1.54) is 0 Å². The van der Waals surface area contributed by atoms with Crippen molar-refractivity contribution in [1.82, 2.24) is 4.90 Å². The molecule has 0 saturated carbocycles. The summed E-state index contributed by atoms with van der Waals surface area (Å²) >= 11 is 10.6. The number of halogens is 2. The van der Waals surface area contributed by atoms with Crippen LogP contribution in [0.5, 0.6) is 0 Å². The summed E-state index contributed by atoms with van der Waals surface area (Å²) in [5.74, 6) is 0.212. The Balaban J connectivity index is 2.19. The van der Waals surface area contributed by atoms with Crippen LogP contribution in [-0.4, -0.2) is 28.9 Å². The summed E-state index contributed by atoms with van der Waals surface area (Å²) in [6.45, 7) is 1.41. The van der Waals surface area contributed by atoms with Crippen molar-refractivity contribution in [3.8, 4) is 0 Å². The molecule has 1 saturated heterocycles. The van der Waals surface area contributed by atoms with Gasteiger partial charge in [-0.25, -0.2) is 0 Å². The number of carbonyl (C=O) groups excluding carboxylic acids is 1. The lowest BCUT2D eigenvalue weighted by molar-refractivity contribution is 0.0702. The van der Waals surface area contributed by atoms with Gasteiger partial charge in [-0.15, -0.1) is 0 Å². The van der Waals surface area contributed by atoms with Gasteiger partial charge in [-0.05, 0) is 53.6 Å². The average molecular weight is 453 g/mol. The molecule has 0 bridgehead atoms. The van der Waals surface area contributed by atoms with Crippen molar-refractivity contribution in [2.24, 2.45) is 11.7 Å². The molecule has 2 N–H and O–H groups in total. The molecular weight excluding hydrogens is 439 g/mol. The highest BCUT2D eigenvalue weighted by molar-refractivity contribution is 14.1. The van der Waals surface area contributed by atoms with Crippen LogP contribution in [0.2, 0.25) is 0 Å². The van der Waals surface area contributed by atoms with Crippen LogP contribution in [0.3, 0.4) is 0 Å². The zero-order valence-electron chi connectivity index (χ0n) is 10.2. The summed E-state index contributed by atoms with van der Waals surface area (Å²) < 4.78 is 1.88. The van der Waals surface area contributed by atoms with Crippen LogP contribution in [0, 0.1) is 9.49 Å². The maximum Gasteiger partial charge on any atom is 0.254 e. The van der Waals surface area contributed by atoms with E-state index in [0.717, 1.165) is 33.0 Å². The zero-order valence-corrected chi connectivity index (χ0v) is 14.8. The summed E-state index contributed by atoms with van der Waals surface area (Å²) in [6.07, 6.45) is 1.94. The van der Waals surface area contributed by atoms with E-state index >= 15 is 0 Å². The van der Waals surface area contributed by atoms with Gasteiger partial charge < -0.3 is 10.6 Å². The van der Waals surface area contributed by atoms with Crippen molar-refractivity contribution in [2.75, 3.05) is 13.1 Å². The molecule has 1 aliphatic rings. The van der Waals surface area contributed by atoms with Gasteiger partial charge in [0.2, 0.25) is 0 Å². The molecule has 1 aliphatic heterocycles. The molecule has 102 valence electrons. The second kappa shape index (κ2) is 6.49. The molecule has 1 unspecified atom stereocenters. The van der Waals surface area contributed by atoms with Gasteiger partial charge in [-0.1, -0.05) is 28.1 Å². The maximum absolute atomic E-state index is 12.6. The van der Waals surface area contributed by atoms with Gasteiger partial charge in [0.25, 0.3) is 5.91 Å². The number of thiocarbonyl (C=S) groups is 1. The van der Waals surface area contributed by atoms with Gasteiger partial charge in [0, 0.05) is 27.1 Å². The van der Waals surface area contributed by atoms with Gasteiger partial charge >= 0.3 is 0 Å². The second-order valence-corrected chi connectivity index (χ2v) is 7.17. The Hall–Kier alpha value is -0.210.